The van der Waals surface area contributed by atoms with E-state index in [1.54, 1.807) is 16.8 Å². The highest BCUT2D eigenvalue weighted by atomic mass is 16.2. The highest BCUT2D eigenvalue weighted by molar-refractivity contribution is 5.99. The number of para-hydroxylation sites is 1. The molecule has 2 amide bonds. The average Bonchev–Trinajstić information content (AvgIpc) is 2.99. The van der Waals surface area contributed by atoms with Crippen molar-refractivity contribution in [2.24, 2.45) is 5.73 Å². The summed E-state index contributed by atoms with van der Waals surface area (Å²) in [6.07, 6.45) is 6.95. The monoisotopic (exact) mass is 313 g/mol. The predicted molar refractivity (Wildman–Crippen MR) is 89.9 cm³/mol. The molecule has 122 valence electrons. The maximum Gasteiger partial charge on any atom is 0.249 e. The molecule has 0 aromatic heterocycles. The van der Waals surface area contributed by atoms with Gasteiger partial charge in [0, 0.05) is 18.8 Å². The van der Waals surface area contributed by atoms with Gasteiger partial charge in [-0.05, 0) is 37.8 Å². The van der Waals surface area contributed by atoms with Gasteiger partial charge in [-0.25, -0.2) is 0 Å². The summed E-state index contributed by atoms with van der Waals surface area (Å²) in [7, 11) is 1.76. The summed E-state index contributed by atoms with van der Waals surface area (Å²) in [6, 6.07) is 8.64. The van der Waals surface area contributed by atoms with Gasteiger partial charge in [0.1, 0.15) is 6.04 Å². The molecule has 1 aromatic carbocycles. The van der Waals surface area contributed by atoms with Gasteiger partial charge in [0.05, 0.1) is 6.04 Å². The Balaban J connectivity index is 1.83. The van der Waals surface area contributed by atoms with Gasteiger partial charge < -0.3 is 15.5 Å². The second kappa shape index (κ2) is 6.54. The zero-order valence-corrected chi connectivity index (χ0v) is 13.4. The molecule has 3 rings (SSSR count). The van der Waals surface area contributed by atoms with Crippen LogP contribution >= 0.6 is 0 Å². The fourth-order valence-corrected chi connectivity index (χ4v) is 3.48. The molecule has 3 atom stereocenters. The zero-order valence-electron chi connectivity index (χ0n) is 13.4. The van der Waals surface area contributed by atoms with Crippen LogP contribution in [0.5, 0.6) is 0 Å². The number of carbonyl (C=O) groups is 2. The van der Waals surface area contributed by atoms with E-state index in [1.807, 2.05) is 36.4 Å². The van der Waals surface area contributed by atoms with Crippen molar-refractivity contribution in [3.8, 4) is 0 Å². The first kappa shape index (κ1) is 15.7. The molecule has 2 heterocycles. The van der Waals surface area contributed by atoms with E-state index < -0.39 is 12.1 Å². The number of benzene rings is 1. The number of nitrogens with zero attached hydrogens (tertiary/aromatic N) is 2. The van der Waals surface area contributed by atoms with Crippen molar-refractivity contribution in [2.45, 2.75) is 43.8 Å². The van der Waals surface area contributed by atoms with E-state index in [-0.39, 0.29) is 17.9 Å². The van der Waals surface area contributed by atoms with Crippen LogP contribution < -0.4 is 10.6 Å². The van der Waals surface area contributed by atoms with Crippen LogP contribution in [0, 0.1) is 0 Å². The summed E-state index contributed by atoms with van der Waals surface area (Å²) in [5, 5.41) is 0. The maximum atomic E-state index is 12.9. The Morgan fingerprint density at radius 3 is 2.61 bits per heavy atom. The molecular weight excluding hydrogens is 290 g/mol. The van der Waals surface area contributed by atoms with Crippen molar-refractivity contribution in [1.29, 1.82) is 0 Å². The van der Waals surface area contributed by atoms with Crippen LogP contribution in [-0.4, -0.2) is 41.9 Å². The Labute approximate surface area is 136 Å². The molecular formula is C18H23N3O2. The van der Waals surface area contributed by atoms with Crippen molar-refractivity contribution < 1.29 is 9.59 Å². The molecule has 0 bridgehead atoms. The van der Waals surface area contributed by atoms with E-state index in [0.717, 1.165) is 18.5 Å². The van der Waals surface area contributed by atoms with Gasteiger partial charge in [0.15, 0.2) is 0 Å². The third-order valence-corrected chi connectivity index (χ3v) is 4.80. The molecule has 2 N–H and O–H groups in total. The van der Waals surface area contributed by atoms with Crippen LogP contribution in [0.3, 0.4) is 0 Å². The number of hydrogen-bond acceptors (Lipinski definition) is 3. The summed E-state index contributed by atoms with van der Waals surface area (Å²) in [6.45, 7) is 0. The maximum absolute atomic E-state index is 12.9. The highest BCUT2D eigenvalue weighted by Gasteiger charge is 2.43. The number of rotatable bonds is 2. The smallest absolute Gasteiger partial charge is 0.249 e. The minimum atomic E-state index is -0.551. The van der Waals surface area contributed by atoms with Crippen molar-refractivity contribution in [3.63, 3.8) is 0 Å². The van der Waals surface area contributed by atoms with Gasteiger partial charge >= 0.3 is 0 Å². The van der Waals surface area contributed by atoms with Crippen molar-refractivity contribution in [2.75, 3.05) is 11.9 Å². The van der Waals surface area contributed by atoms with Gasteiger partial charge in [-0.1, -0.05) is 30.4 Å². The normalized spacial score (nSPS) is 27.3. The second-order valence-corrected chi connectivity index (χ2v) is 6.27. The topological polar surface area (TPSA) is 66.6 Å². The molecule has 0 radical (unpaired) electrons. The van der Waals surface area contributed by atoms with E-state index in [9.17, 15) is 9.59 Å². The molecule has 5 nitrogen and oxygen atoms in total. The molecule has 1 fully saturated rings. The molecule has 0 saturated carbocycles. The number of nitrogens with two attached hydrogens (primary N) is 1. The standard InChI is InChI=1S/C18H23N3O2/c1-20(13-7-3-2-4-8-13)18(23)16-12-11-14-9-5-6-10-15(19)17(22)21(14)16/h2-8,14-16H,9-12,19H2,1H3/t14-,15-,16-/m0/s1. The van der Waals surface area contributed by atoms with Crippen LogP contribution in [-0.2, 0) is 9.59 Å². The lowest BCUT2D eigenvalue weighted by Crippen LogP contribution is -2.54. The molecule has 23 heavy (non-hydrogen) atoms. The number of amides is 2. The lowest BCUT2D eigenvalue weighted by molar-refractivity contribution is -0.140. The third-order valence-electron chi connectivity index (χ3n) is 4.80. The van der Waals surface area contributed by atoms with Crippen LogP contribution in [0.1, 0.15) is 25.7 Å². The predicted octanol–water partition coefficient (Wildman–Crippen LogP) is 1.69. The van der Waals surface area contributed by atoms with E-state index >= 15 is 0 Å². The Bertz CT molecular complexity index is 614. The number of carbonyl (C=O) groups excluding carboxylic acids is 2. The van der Waals surface area contributed by atoms with E-state index in [2.05, 4.69) is 6.08 Å². The second-order valence-electron chi connectivity index (χ2n) is 6.27. The van der Waals surface area contributed by atoms with E-state index in [4.69, 9.17) is 5.73 Å². The summed E-state index contributed by atoms with van der Waals surface area (Å²) >= 11 is 0. The molecule has 2 aliphatic heterocycles. The van der Waals surface area contributed by atoms with Gasteiger partial charge in [0.2, 0.25) is 11.8 Å². The molecule has 0 spiro atoms. The van der Waals surface area contributed by atoms with Crippen molar-refractivity contribution in [1.82, 2.24) is 4.90 Å². The first-order chi connectivity index (χ1) is 11.1. The largest absolute Gasteiger partial charge is 0.326 e. The summed E-state index contributed by atoms with van der Waals surface area (Å²) < 4.78 is 0. The van der Waals surface area contributed by atoms with E-state index in [0.29, 0.717) is 12.8 Å². The molecule has 0 unspecified atom stereocenters. The minimum absolute atomic E-state index is 0.0381. The lowest BCUT2D eigenvalue weighted by atomic mass is 10.1. The van der Waals surface area contributed by atoms with Gasteiger partial charge in [-0.15, -0.1) is 0 Å². The highest BCUT2D eigenvalue weighted by Crippen LogP contribution is 2.30. The number of anilines is 1. The Morgan fingerprint density at radius 2 is 1.87 bits per heavy atom. The number of hydrogen-bond donors (Lipinski definition) is 1. The Kier molecular flexibility index (Phi) is 4.48. The molecule has 1 aromatic rings. The first-order valence-electron chi connectivity index (χ1n) is 8.15. The van der Waals surface area contributed by atoms with Crippen LogP contribution in [0.25, 0.3) is 0 Å². The van der Waals surface area contributed by atoms with Gasteiger partial charge in [0.25, 0.3) is 0 Å². The SMILES string of the molecule is CN(C(=O)[C@@H]1CC[C@@H]2CC=CC[C@H](N)C(=O)N21)c1ccccc1. The first-order valence-corrected chi connectivity index (χ1v) is 8.15. The zero-order chi connectivity index (χ0) is 16.4. The molecule has 2 aliphatic rings. The van der Waals surface area contributed by atoms with Gasteiger partial charge in [-0.3, -0.25) is 9.59 Å². The van der Waals surface area contributed by atoms with Gasteiger partial charge in [-0.2, -0.15) is 0 Å². The lowest BCUT2D eigenvalue weighted by Gasteiger charge is -2.34. The van der Waals surface area contributed by atoms with Crippen LogP contribution in [0.4, 0.5) is 5.69 Å². The minimum Gasteiger partial charge on any atom is -0.326 e. The summed E-state index contributed by atoms with van der Waals surface area (Å²) in [5.41, 5.74) is 6.82. The molecule has 5 heteroatoms. The fraction of sp³-hybridized carbons (Fsp3) is 0.444. The quantitative estimate of drug-likeness (QED) is 0.845. The molecule has 1 saturated heterocycles. The Hall–Kier alpha value is -2.14. The molecule has 0 aliphatic carbocycles. The summed E-state index contributed by atoms with van der Waals surface area (Å²) in [5.74, 6) is -0.138. The number of likely N-dealkylation sites (N-methyl/N-ethyl adjacent to an activating group) is 1. The van der Waals surface area contributed by atoms with Crippen molar-refractivity contribution in [3.05, 3.63) is 42.5 Å². The van der Waals surface area contributed by atoms with Crippen molar-refractivity contribution >= 4 is 17.5 Å². The third kappa shape index (κ3) is 3.01. The average molecular weight is 313 g/mol. The fourth-order valence-electron chi connectivity index (χ4n) is 3.48. The summed E-state index contributed by atoms with van der Waals surface area (Å²) in [4.78, 5) is 29.0. The number of fused-ring (bicyclic) bond motifs is 1. The van der Waals surface area contributed by atoms with E-state index in [1.165, 1.54) is 0 Å². The Morgan fingerprint density at radius 1 is 1.17 bits per heavy atom. The van der Waals surface area contributed by atoms with Crippen LogP contribution in [0.2, 0.25) is 0 Å². The van der Waals surface area contributed by atoms with Crippen LogP contribution in [0.15, 0.2) is 42.5 Å².